The van der Waals surface area contributed by atoms with Gasteiger partial charge in [0.25, 0.3) is 0 Å². The first-order valence-electron chi connectivity index (χ1n) is 6.80. The summed E-state index contributed by atoms with van der Waals surface area (Å²) in [5.74, 6) is 0.634. The van der Waals surface area contributed by atoms with E-state index in [9.17, 15) is 0 Å². The second-order valence-corrected chi connectivity index (χ2v) is 5.93. The molecule has 4 nitrogen and oxygen atoms in total. The van der Waals surface area contributed by atoms with Gasteiger partial charge in [-0.05, 0) is 38.0 Å². The zero-order valence-electron chi connectivity index (χ0n) is 11.4. The average molecular weight is 277 g/mol. The van der Waals surface area contributed by atoms with Gasteiger partial charge in [-0.25, -0.2) is 0 Å². The van der Waals surface area contributed by atoms with Crippen LogP contribution >= 0.6 is 12.2 Å². The molecular formula is C14H19N3OS. The Bertz CT molecular complexity index is 652. The van der Waals surface area contributed by atoms with E-state index in [-0.39, 0.29) is 5.54 Å². The number of aromatic nitrogens is 3. The zero-order chi connectivity index (χ0) is 13.5. The van der Waals surface area contributed by atoms with Crippen molar-refractivity contribution in [3.8, 4) is 5.88 Å². The van der Waals surface area contributed by atoms with E-state index in [1.54, 1.807) is 7.11 Å². The van der Waals surface area contributed by atoms with Crippen LogP contribution in [0.4, 0.5) is 0 Å². The van der Waals surface area contributed by atoms with Gasteiger partial charge in [-0.2, -0.15) is 4.98 Å². The van der Waals surface area contributed by atoms with Gasteiger partial charge in [-0.1, -0.05) is 19.3 Å². The maximum atomic E-state index is 5.51. The van der Waals surface area contributed by atoms with Gasteiger partial charge < -0.3 is 9.72 Å². The number of aromatic amines is 1. The summed E-state index contributed by atoms with van der Waals surface area (Å²) < 4.78 is 8.19. The van der Waals surface area contributed by atoms with Gasteiger partial charge in [0.15, 0.2) is 10.4 Å². The summed E-state index contributed by atoms with van der Waals surface area (Å²) in [6.07, 6.45) is 6.16. The zero-order valence-corrected chi connectivity index (χ0v) is 12.2. The Morgan fingerprint density at radius 2 is 2.05 bits per heavy atom. The number of nitrogens with one attached hydrogen (secondary N) is 1. The van der Waals surface area contributed by atoms with Crippen LogP contribution in [-0.2, 0) is 5.54 Å². The van der Waals surface area contributed by atoms with Crippen molar-refractivity contribution in [1.82, 2.24) is 14.5 Å². The summed E-state index contributed by atoms with van der Waals surface area (Å²) in [5, 5.41) is 0. The fourth-order valence-corrected chi connectivity index (χ4v) is 3.53. The lowest BCUT2D eigenvalue weighted by molar-refractivity contribution is 0.221. The molecule has 0 spiro atoms. The standard InChI is InChI=1S/C14H19N3OS/c1-14(8-4-3-5-9-14)17-12-10(15-13(17)19)6-7-11(16-12)18-2/h6-7H,3-5,8-9H2,1-2H3,(H,15,19). The van der Waals surface area contributed by atoms with Gasteiger partial charge in [0.1, 0.15) is 0 Å². The highest BCUT2D eigenvalue weighted by Crippen LogP contribution is 2.36. The molecule has 2 aromatic rings. The lowest BCUT2D eigenvalue weighted by atomic mass is 9.83. The van der Waals surface area contributed by atoms with Crippen LogP contribution in [0.5, 0.6) is 5.88 Å². The van der Waals surface area contributed by atoms with Gasteiger partial charge in [0.2, 0.25) is 5.88 Å². The van der Waals surface area contributed by atoms with Gasteiger partial charge in [-0.3, -0.25) is 4.57 Å². The SMILES string of the molecule is COc1ccc2[nH]c(=S)n(C3(C)CCCCC3)c2n1. The van der Waals surface area contributed by atoms with Crippen LogP contribution in [0.2, 0.25) is 0 Å². The molecule has 102 valence electrons. The molecule has 1 fully saturated rings. The number of hydrogen-bond donors (Lipinski definition) is 1. The molecule has 1 aliphatic rings. The molecule has 0 amide bonds. The highest BCUT2D eigenvalue weighted by Gasteiger charge is 2.31. The van der Waals surface area contributed by atoms with Crippen molar-refractivity contribution in [1.29, 1.82) is 0 Å². The first-order valence-corrected chi connectivity index (χ1v) is 7.21. The van der Waals surface area contributed by atoms with E-state index in [4.69, 9.17) is 17.0 Å². The molecule has 0 radical (unpaired) electrons. The predicted molar refractivity (Wildman–Crippen MR) is 78.2 cm³/mol. The van der Waals surface area contributed by atoms with Crippen molar-refractivity contribution in [2.75, 3.05) is 7.11 Å². The number of fused-ring (bicyclic) bond motifs is 1. The topological polar surface area (TPSA) is 42.8 Å². The maximum Gasteiger partial charge on any atom is 0.215 e. The molecule has 0 atom stereocenters. The van der Waals surface area contributed by atoms with Crippen LogP contribution in [0, 0.1) is 4.77 Å². The van der Waals surface area contributed by atoms with Crippen molar-refractivity contribution in [2.45, 2.75) is 44.6 Å². The molecule has 2 heterocycles. The maximum absolute atomic E-state index is 5.51. The summed E-state index contributed by atoms with van der Waals surface area (Å²) in [5.41, 5.74) is 1.97. The van der Waals surface area contributed by atoms with Crippen LogP contribution in [0.3, 0.4) is 0 Å². The minimum absolute atomic E-state index is 0.0763. The summed E-state index contributed by atoms with van der Waals surface area (Å²) >= 11 is 5.51. The molecule has 19 heavy (non-hydrogen) atoms. The highest BCUT2D eigenvalue weighted by atomic mass is 32.1. The van der Waals surface area contributed by atoms with Crippen molar-refractivity contribution in [3.63, 3.8) is 0 Å². The summed E-state index contributed by atoms with van der Waals surface area (Å²) in [6.45, 7) is 2.29. The first kappa shape index (κ1) is 12.7. The Morgan fingerprint density at radius 3 is 2.74 bits per heavy atom. The van der Waals surface area contributed by atoms with Gasteiger partial charge >= 0.3 is 0 Å². The number of hydrogen-bond acceptors (Lipinski definition) is 3. The molecule has 1 aliphatic carbocycles. The van der Waals surface area contributed by atoms with E-state index in [2.05, 4.69) is 21.5 Å². The number of imidazole rings is 1. The molecule has 0 bridgehead atoms. The molecule has 0 aliphatic heterocycles. The van der Waals surface area contributed by atoms with E-state index in [0.717, 1.165) is 28.8 Å². The number of H-pyrrole nitrogens is 1. The Hall–Kier alpha value is -1.36. The van der Waals surface area contributed by atoms with E-state index in [1.807, 2.05) is 12.1 Å². The van der Waals surface area contributed by atoms with Crippen LogP contribution in [-0.4, -0.2) is 21.6 Å². The Balaban J connectivity index is 2.21. The third kappa shape index (κ3) is 2.06. The average Bonchev–Trinajstić information content (AvgIpc) is 2.74. The third-order valence-electron chi connectivity index (χ3n) is 4.19. The lowest BCUT2D eigenvalue weighted by Gasteiger charge is -2.35. The van der Waals surface area contributed by atoms with E-state index < -0.39 is 0 Å². The first-order chi connectivity index (χ1) is 9.14. The molecule has 0 saturated heterocycles. The molecule has 5 heteroatoms. The predicted octanol–water partition coefficient (Wildman–Crippen LogP) is 3.78. The molecular weight excluding hydrogens is 258 g/mol. The second-order valence-electron chi connectivity index (χ2n) is 5.55. The minimum atomic E-state index is 0.0763. The van der Waals surface area contributed by atoms with Crippen molar-refractivity contribution >= 4 is 23.4 Å². The van der Waals surface area contributed by atoms with Gasteiger partial charge in [0, 0.05) is 11.6 Å². The second kappa shape index (κ2) is 4.63. The quantitative estimate of drug-likeness (QED) is 0.849. The number of rotatable bonds is 2. The number of pyridine rings is 1. The Kier molecular flexibility index (Phi) is 3.09. The molecule has 1 saturated carbocycles. The van der Waals surface area contributed by atoms with Crippen LogP contribution in [0.1, 0.15) is 39.0 Å². The Labute approximate surface area is 117 Å². The normalized spacial score (nSPS) is 18.6. The van der Waals surface area contributed by atoms with Gasteiger partial charge in [0.05, 0.1) is 12.6 Å². The monoisotopic (exact) mass is 277 g/mol. The van der Waals surface area contributed by atoms with Gasteiger partial charge in [-0.15, -0.1) is 0 Å². The van der Waals surface area contributed by atoms with Crippen molar-refractivity contribution < 1.29 is 4.74 Å². The van der Waals surface area contributed by atoms with E-state index in [0.29, 0.717) is 5.88 Å². The van der Waals surface area contributed by atoms with Crippen LogP contribution < -0.4 is 4.74 Å². The summed E-state index contributed by atoms with van der Waals surface area (Å²) in [7, 11) is 1.64. The molecule has 0 unspecified atom stereocenters. The summed E-state index contributed by atoms with van der Waals surface area (Å²) in [4.78, 5) is 7.84. The number of ether oxygens (including phenoxy) is 1. The van der Waals surface area contributed by atoms with Crippen LogP contribution in [0.15, 0.2) is 12.1 Å². The lowest BCUT2D eigenvalue weighted by Crippen LogP contribution is -2.32. The van der Waals surface area contributed by atoms with E-state index in [1.165, 1.54) is 19.3 Å². The van der Waals surface area contributed by atoms with E-state index >= 15 is 0 Å². The fraction of sp³-hybridized carbons (Fsp3) is 0.571. The molecule has 1 N–H and O–H groups in total. The highest BCUT2D eigenvalue weighted by molar-refractivity contribution is 7.71. The number of methoxy groups -OCH3 is 1. The molecule has 0 aromatic carbocycles. The Morgan fingerprint density at radius 1 is 1.32 bits per heavy atom. The fourth-order valence-electron chi connectivity index (χ4n) is 3.12. The third-order valence-corrected chi connectivity index (χ3v) is 4.47. The van der Waals surface area contributed by atoms with Crippen LogP contribution in [0.25, 0.3) is 11.2 Å². The largest absolute Gasteiger partial charge is 0.481 e. The minimum Gasteiger partial charge on any atom is -0.481 e. The molecule has 3 rings (SSSR count). The number of nitrogens with zero attached hydrogens (tertiary/aromatic N) is 2. The van der Waals surface area contributed by atoms with Crippen molar-refractivity contribution in [3.05, 3.63) is 16.9 Å². The summed E-state index contributed by atoms with van der Waals surface area (Å²) in [6, 6.07) is 3.85. The van der Waals surface area contributed by atoms with Crippen molar-refractivity contribution in [2.24, 2.45) is 0 Å². The molecule has 2 aromatic heterocycles. The smallest absolute Gasteiger partial charge is 0.215 e.